The van der Waals surface area contributed by atoms with Crippen LogP contribution in [0.1, 0.15) is 5.56 Å². The number of phenolic OH excluding ortho intramolecular Hbond substituents is 1. The van der Waals surface area contributed by atoms with Crippen LogP contribution in [-0.4, -0.2) is 10.0 Å². The molecule has 0 fully saturated rings. The Kier molecular flexibility index (Phi) is 1.95. The molecule has 0 aliphatic carbocycles. The molecule has 0 aliphatic heterocycles. The van der Waals surface area contributed by atoms with Gasteiger partial charge in [-0.3, -0.25) is 10.1 Å². The van der Waals surface area contributed by atoms with E-state index in [0.717, 1.165) is 12.1 Å². The third-order valence-corrected chi connectivity index (χ3v) is 1.42. The van der Waals surface area contributed by atoms with Crippen molar-refractivity contribution in [2.45, 2.75) is 6.92 Å². The van der Waals surface area contributed by atoms with Gasteiger partial charge in [-0.1, -0.05) is 0 Å². The molecule has 1 rings (SSSR count). The van der Waals surface area contributed by atoms with Crippen molar-refractivity contribution in [2.75, 3.05) is 0 Å². The predicted molar refractivity (Wildman–Crippen MR) is 39.5 cm³/mol. The van der Waals surface area contributed by atoms with Crippen LogP contribution in [0.25, 0.3) is 0 Å². The Morgan fingerprint density at radius 2 is 2.17 bits per heavy atom. The summed E-state index contributed by atoms with van der Waals surface area (Å²) in [5.74, 6) is -1.21. The molecule has 0 unspecified atom stereocenters. The van der Waals surface area contributed by atoms with Gasteiger partial charge in [-0.15, -0.1) is 0 Å². The lowest BCUT2D eigenvalue weighted by Gasteiger charge is -1.98. The maximum atomic E-state index is 12.9. The Balaban J connectivity index is 3.37. The summed E-state index contributed by atoms with van der Waals surface area (Å²) in [6.45, 7) is 1.35. The van der Waals surface area contributed by atoms with Crippen LogP contribution in [0, 0.1) is 22.9 Å². The van der Waals surface area contributed by atoms with E-state index in [1.807, 2.05) is 0 Å². The van der Waals surface area contributed by atoms with Crippen LogP contribution in [-0.2, 0) is 0 Å². The van der Waals surface area contributed by atoms with Crippen LogP contribution < -0.4 is 0 Å². The van der Waals surface area contributed by atoms with E-state index in [1.54, 1.807) is 0 Å². The number of nitrogens with zero attached hydrogens (tertiary/aromatic N) is 1. The average molecular weight is 171 g/mol. The third-order valence-electron chi connectivity index (χ3n) is 1.42. The summed E-state index contributed by atoms with van der Waals surface area (Å²) in [6, 6.07) is 1.91. The van der Waals surface area contributed by atoms with Gasteiger partial charge in [0.15, 0.2) is 0 Å². The van der Waals surface area contributed by atoms with Gasteiger partial charge in [-0.25, -0.2) is 0 Å². The molecule has 0 aromatic heterocycles. The van der Waals surface area contributed by atoms with Crippen molar-refractivity contribution >= 4 is 5.69 Å². The number of hydrogen-bond donors (Lipinski definition) is 1. The van der Waals surface area contributed by atoms with E-state index in [0.29, 0.717) is 0 Å². The highest BCUT2D eigenvalue weighted by Gasteiger charge is 2.16. The average Bonchev–Trinajstić information content (AvgIpc) is 1.96. The lowest BCUT2D eigenvalue weighted by atomic mass is 10.2. The highest BCUT2D eigenvalue weighted by molar-refractivity contribution is 5.43. The zero-order valence-corrected chi connectivity index (χ0v) is 6.24. The Labute approximate surface area is 67.4 Å². The monoisotopic (exact) mass is 171 g/mol. The SMILES string of the molecule is Cc1cc(O)cc([N+](=O)[O-])c1F. The van der Waals surface area contributed by atoms with Gasteiger partial charge in [-0.2, -0.15) is 4.39 Å². The third kappa shape index (κ3) is 1.34. The molecule has 1 N–H and O–H groups in total. The van der Waals surface area contributed by atoms with Crippen molar-refractivity contribution in [1.82, 2.24) is 0 Å². The van der Waals surface area contributed by atoms with Crippen molar-refractivity contribution in [3.05, 3.63) is 33.6 Å². The first-order chi connectivity index (χ1) is 5.52. The molecule has 1 aromatic rings. The van der Waals surface area contributed by atoms with E-state index in [-0.39, 0.29) is 11.3 Å². The smallest absolute Gasteiger partial charge is 0.308 e. The highest BCUT2D eigenvalue weighted by Crippen LogP contribution is 2.25. The molecule has 0 aliphatic rings. The summed E-state index contributed by atoms with van der Waals surface area (Å²) in [5, 5.41) is 19.1. The zero-order chi connectivity index (χ0) is 9.30. The van der Waals surface area contributed by atoms with Gasteiger partial charge >= 0.3 is 5.69 Å². The molecule has 4 nitrogen and oxygen atoms in total. The number of phenols is 1. The van der Waals surface area contributed by atoms with Gasteiger partial charge in [0.05, 0.1) is 11.0 Å². The van der Waals surface area contributed by atoms with Crippen molar-refractivity contribution in [1.29, 1.82) is 0 Å². The number of hydrogen-bond acceptors (Lipinski definition) is 3. The molecule has 0 saturated carbocycles. The summed E-state index contributed by atoms with van der Waals surface area (Å²) in [5.41, 5.74) is -0.644. The van der Waals surface area contributed by atoms with Gasteiger partial charge in [0.25, 0.3) is 0 Å². The molecule has 0 amide bonds. The Morgan fingerprint density at radius 1 is 1.58 bits per heavy atom. The number of nitro groups is 1. The van der Waals surface area contributed by atoms with E-state index in [2.05, 4.69) is 0 Å². The molecule has 0 radical (unpaired) electrons. The normalized spacial score (nSPS) is 9.83. The van der Waals surface area contributed by atoms with E-state index in [1.165, 1.54) is 6.92 Å². The zero-order valence-electron chi connectivity index (χ0n) is 6.24. The fraction of sp³-hybridized carbons (Fsp3) is 0.143. The highest BCUT2D eigenvalue weighted by atomic mass is 19.1. The number of aryl methyl sites for hydroxylation is 1. The van der Waals surface area contributed by atoms with Gasteiger partial charge < -0.3 is 5.11 Å². The van der Waals surface area contributed by atoms with E-state index in [4.69, 9.17) is 5.11 Å². The molecule has 0 atom stereocenters. The lowest BCUT2D eigenvalue weighted by Crippen LogP contribution is -1.94. The Morgan fingerprint density at radius 3 is 2.67 bits per heavy atom. The van der Waals surface area contributed by atoms with Crippen LogP contribution in [0.3, 0.4) is 0 Å². The number of benzene rings is 1. The molecule has 1 aromatic carbocycles. The first kappa shape index (κ1) is 8.45. The van der Waals surface area contributed by atoms with Crippen LogP contribution in [0.5, 0.6) is 5.75 Å². The molecular formula is C7H6FNO3. The Hall–Kier alpha value is -1.65. The molecular weight excluding hydrogens is 165 g/mol. The van der Waals surface area contributed by atoms with Crippen molar-refractivity contribution in [3.8, 4) is 5.75 Å². The topological polar surface area (TPSA) is 63.4 Å². The van der Waals surface area contributed by atoms with Crippen molar-refractivity contribution < 1.29 is 14.4 Å². The first-order valence-electron chi connectivity index (χ1n) is 3.16. The number of nitro benzene ring substituents is 1. The quantitative estimate of drug-likeness (QED) is 0.517. The molecule has 5 heteroatoms. The molecule has 0 heterocycles. The molecule has 12 heavy (non-hydrogen) atoms. The standard InChI is InChI=1S/C7H6FNO3/c1-4-2-5(10)3-6(7(4)8)9(11)12/h2-3,10H,1H3. The summed E-state index contributed by atoms with van der Waals surface area (Å²) in [7, 11) is 0. The van der Waals surface area contributed by atoms with Gasteiger partial charge in [0.2, 0.25) is 5.82 Å². The minimum atomic E-state index is -0.905. The maximum absolute atomic E-state index is 12.9. The molecule has 0 bridgehead atoms. The van der Waals surface area contributed by atoms with E-state index < -0.39 is 16.4 Å². The fourth-order valence-corrected chi connectivity index (χ4v) is 0.865. The first-order valence-corrected chi connectivity index (χ1v) is 3.16. The summed E-state index contributed by atoms with van der Waals surface area (Å²) in [6.07, 6.45) is 0. The second kappa shape index (κ2) is 2.77. The molecule has 64 valence electrons. The van der Waals surface area contributed by atoms with Crippen LogP contribution in [0.15, 0.2) is 12.1 Å². The van der Waals surface area contributed by atoms with Crippen LogP contribution in [0.4, 0.5) is 10.1 Å². The second-order valence-corrected chi connectivity index (χ2v) is 2.35. The van der Waals surface area contributed by atoms with Gasteiger partial charge in [0, 0.05) is 0 Å². The maximum Gasteiger partial charge on any atom is 0.308 e. The van der Waals surface area contributed by atoms with Crippen molar-refractivity contribution in [2.24, 2.45) is 0 Å². The van der Waals surface area contributed by atoms with Gasteiger partial charge in [0.1, 0.15) is 5.75 Å². The minimum Gasteiger partial charge on any atom is -0.508 e. The van der Waals surface area contributed by atoms with E-state index >= 15 is 0 Å². The molecule has 0 saturated heterocycles. The van der Waals surface area contributed by atoms with Gasteiger partial charge in [-0.05, 0) is 18.6 Å². The molecule has 0 spiro atoms. The Bertz CT molecular complexity index is 338. The van der Waals surface area contributed by atoms with Crippen molar-refractivity contribution in [3.63, 3.8) is 0 Å². The van der Waals surface area contributed by atoms with E-state index in [9.17, 15) is 14.5 Å². The van der Waals surface area contributed by atoms with Crippen LogP contribution in [0.2, 0.25) is 0 Å². The minimum absolute atomic E-state index is 0.0571. The summed E-state index contributed by atoms with van der Waals surface area (Å²) >= 11 is 0. The number of halogens is 1. The van der Waals surface area contributed by atoms with Crippen LogP contribution >= 0.6 is 0 Å². The summed E-state index contributed by atoms with van der Waals surface area (Å²) in [4.78, 5) is 9.31. The summed E-state index contributed by atoms with van der Waals surface area (Å²) < 4.78 is 12.9. The number of aromatic hydroxyl groups is 1. The number of rotatable bonds is 1. The lowest BCUT2D eigenvalue weighted by molar-refractivity contribution is -0.387. The predicted octanol–water partition coefficient (Wildman–Crippen LogP) is 1.75. The fourth-order valence-electron chi connectivity index (χ4n) is 0.865. The second-order valence-electron chi connectivity index (χ2n) is 2.35. The largest absolute Gasteiger partial charge is 0.508 e.